The lowest BCUT2D eigenvalue weighted by molar-refractivity contribution is -0.118. The molecule has 43 heavy (non-hydrogen) atoms. The number of hydrogen-bond acceptors (Lipinski definition) is 8. The summed E-state index contributed by atoms with van der Waals surface area (Å²) in [5, 5.41) is 13.7. The second-order valence-electron chi connectivity index (χ2n) is 10.9. The third kappa shape index (κ3) is 5.90. The van der Waals surface area contributed by atoms with E-state index in [4.69, 9.17) is 9.97 Å². The highest BCUT2D eigenvalue weighted by Gasteiger charge is 2.18. The molecule has 0 saturated carbocycles. The summed E-state index contributed by atoms with van der Waals surface area (Å²) < 4.78 is 14.7. The van der Waals surface area contributed by atoms with Crippen LogP contribution >= 0.6 is 0 Å². The Morgan fingerprint density at radius 2 is 1.86 bits per heavy atom. The molecule has 0 unspecified atom stereocenters. The number of halogens is 1. The Morgan fingerprint density at radius 1 is 1.02 bits per heavy atom. The fourth-order valence-electron chi connectivity index (χ4n) is 4.69. The number of nitrogens with zero attached hydrogens (tertiary/aromatic N) is 6. The largest absolute Gasteiger partial charge is 0.384 e. The normalized spacial score (nSPS) is 11.6. The van der Waals surface area contributed by atoms with Gasteiger partial charge in [-0.1, -0.05) is 13.8 Å². The topological polar surface area (TPSA) is 140 Å². The highest BCUT2D eigenvalue weighted by atomic mass is 19.1. The minimum Gasteiger partial charge on any atom is -0.384 e. The third-order valence-corrected chi connectivity index (χ3v) is 6.95. The number of aromatic amines is 2. The van der Waals surface area contributed by atoms with Gasteiger partial charge in [0, 0.05) is 48.2 Å². The average molecular weight is 579 g/mol. The average Bonchev–Trinajstić information content (AvgIpc) is 3.60. The van der Waals surface area contributed by atoms with Crippen LogP contribution in [0.2, 0.25) is 0 Å². The molecular weight excluding hydrogens is 547 g/mol. The number of aromatic nitrogens is 7. The quantitative estimate of drug-likeness (QED) is 0.180. The highest BCUT2D eigenvalue weighted by molar-refractivity contribution is 5.96. The molecule has 1 amide bonds. The number of anilines is 2. The summed E-state index contributed by atoms with van der Waals surface area (Å²) in [7, 11) is 3.98. The van der Waals surface area contributed by atoms with Crippen molar-refractivity contribution in [1.82, 2.24) is 40.0 Å². The van der Waals surface area contributed by atoms with Gasteiger partial charge in [0.2, 0.25) is 5.91 Å². The van der Waals surface area contributed by atoms with Crippen LogP contribution in [-0.4, -0.2) is 73.1 Å². The van der Waals surface area contributed by atoms with Crippen LogP contribution in [0.4, 0.5) is 15.8 Å². The lowest BCUT2D eigenvalue weighted by atomic mass is 10.0. The summed E-state index contributed by atoms with van der Waals surface area (Å²) in [5.74, 6) is -0.111. The number of amides is 1. The summed E-state index contributed by atoms with van der Waals surface area (Å²) >= 11 is 0. The Morgan fingerprint density at radius 3 is 2.67 bits per heavy atom. The molecule has 11 nitrogen and oxygen atoms in total. The molecule has 0 aliphatic rings. The minimum atomic E-state index is -0.341. The number of carbonyl (C=O) groups is 1. The predicted molar refractivity (Wildman–Crippen MR) is 166 cm³/mol. The van der Waals surface area contributed by atoms with Crippen LogP contribution in [0, 0.1) is 11.7 Å². The van der Waals surface area contributed by atoms with E-state index >= 15 is 0 Å². The first kappa shape index (κ1) is 27.9. The number of nitrogens with one attached hydrogen (secondary N) is 4. The van der Waals surface area contributed by atoms with E-state index in [1.165, 1.54) is 12.1 Å². The van der Waals surface area contributed by atoms with Crippen LogP contribution in [0.1, 0.15) is 13.8 Å². The van der Waals surface area contributed by atoms with E-state index in [2.05, 4.69) is 40.7 Å². The summed E-state index contributed by atoms with van der Waals surface area (Å²) in [6.45, 7) is 5.17. The van der Waals surface area contributed by atoms with E-state index in [-0.39, 0.29) is 17.6 Å². The van der Waals surface area contributed by atoms with Gasteiger partial charge in [-0.15, -0.1) is 0 Å². The third-order valence-electron chi connectivity index (χ3n) is 6.95. The van der Waals surface area contributed by atoms with Gasteiger partial charge in [0.05, 0.1) is 28.6 Å². The van der Waals surface area contributed by atoms with Gasteiger partial charge in [-0.3, -0.25) is 14.9 Å². The Labute approximate surface area is 247 Å². The maximum Gasteiger partial charge on any atom is 0.226 e. The van der Waals surface area contributed by atoms with Crippen LogP contribution in [-0.2, 0) is 4.79 Å². The number of benzene rings is 1. The molecule has 0 aliphatic heterocycles. The summed E-state index contributed by atoms with van der Waals surface area (Å²) in [4.78, 5) is 35.9. The summed E-state index contributed by atoms with van der Waals surface area (Å²) in [6.07, 6.45) is 4.95. The fraction of sp³-hybridized carbons (Fsp3) is 0.226. The van der Waals surface area contributed by atoms with Crippen molar-refractivity contribution in [2.45, 2.75) is 13.8 Å². The molecule has 12 heteroatoms. The molecule has 4 N–H and O–H groups in total. The molecule has 0 fully saturated rings. The molecule has 5 aromatic heterocycles. The Hall–Kier alpha value is -5.23. The first-order valence-electron chi connectivity index (χ1n) is 13.9. The van der Waals surface area contributed by atoms with Gasteiger partial charge < -0.3 is 20.5 Å². The van der Waals surface area contributed by atoms with E-state index < -0.39 is 0 Å². The Balaban J connectivity index is 1.36. The molecule has 0 bridgehead atoms. The molecule has 1 aromatic carbocycles. The van der Waals surface area contributed by atoms with Crippen molar-refractivity contribution in [1.29, 1.82) is 0 Å². The number of hydrogen-bond donors (Lipinski definition) is 4. The smallest absolute Gasteiger partial charge is 0.226 e. The Bertz CT molecular complexity index is 1940. The zero-order valence-corrected chi connectivity index (χ0v) is 24.2. The monoisotopic (exact) mass is 578 g/mol. The molecule has 0 aliphatic carbocycles. The number of fused-ring (bicyclic) bond motifs is 2. The number of carbonyl (C=O) groups excluding carboxylic acids is 1. The van der Waals surface area contributed by atoms with Crippen LogP contribution in [0.5, 0.6) is 0 Å². The first-order chi connectivity index (χ1) is 20.7. The predicted octanol–water partition coefficient (Wildman–Crippen LogP) is 5.33. The lowest BCUT2D eigenvalue weighted by Gasteiger charge is -2.13. The highest BCUT2D eigenvalue weighted by Crippen LogP contribution is 2.32. The summed E-state index contributed by atoms with van der Waals surface area (Å²) in [6, 6.07) is 12.3. The fourth-order valence-corrected chi connectivity index (χ4v) is 4.69. The van der Waals surface area contributed by atoms with Crippen molar-refractivity contribution in [3.8, 4) is 33.9 Å². The van der Waals surface area contributed by atoms with Gasteiger partial charge in [0.15, 0.2) is 17.2 Å². The molecule has 6 rings (SSSR count). The van der Waals surface area contributed by atoms with Gasteiger partial charge in [0.25, 0.3) is 0 Å². The number of imidazole rings is 1. The second-order valence-corrected chi connectivity index (χ2v) is 10.9. The molecule has 5 heterocycles. The van der Waals surface area contributed by atoms with E-state index in [9.17, 15) is 9.18 Å². The van der Waals surface area contributed by atoms with E-state index in [0.29, 0.717) is 57.4 Å². The van der Waals surface area contributed by atoms with Crippen molar-refractivity contribution in [2.24, 2.45) is 5.92 Å². The Kier molecular flexibility index (Phi) is 7.51. The van der Waals surface area contributed by atoms with Gasteiger partial charge in [0.1, 0.15) is 11.3 Å². The summed E-state index contributed by atoms with van der Waals surface area (Å²) in [5.41, 5.74) is 7.12. The van der Waals surface area contributed by atoms with Gasteiger partial charge >= 0.3 is 0 Å². The molecular formula is C31H31FN10O. The van der Waals surface area contributed by atoms with E-state index in [0.717, 1.165) is 23.2 Å². The molecule has 0 atom stereocenters. The first-order valence-corrected chi connectivity index (χ1v) is 13.9. The molecule has 0 spiro atoms. The van der Waals surface area contributed by atoms with Crippen molar-refractivity contribution in [3.05, 3.63) is 66.9 Å². The van der Waals surface area contributed by atoms with E-state index in [1.54, 1.807) is 18.6 Å². The van der Waals surface area contributed by atoms with E-state index in [1.807, 2.05) is 58.3 Å². The van der Waals surface area contributed by atoms with Gasteiger partial charge in [-0.25, -0.2) is 19.3 Å². The van der Waals surface area contributed by atoms with Crippen LogP contribution in [0.15, 0.2) is 61.1 Å². The van der Waals surface area contributed by atoms with Crippen molar-refractivity contribution in [3.63, 3.8) is 0 Å². The molecule has 0 saturated heterocycles. The number of rotatable bonds is 9. The van der Waals surface area contributed by atoms with Crippen LogP contribution < -0.4 is 10.6 Å². The van der Waals surface area contributed by atoms with Crippen molar-refractivity contribution in [2.75, 3.05) is 37.8 Å². The maximum absolute atomic E-state index is 14.7. The SMILES string of the molecule is CC(C)C(=O)Nc1cncc(-c2ccc3[nH]nc(-c4nc5nccc(-c6cc(F)cc(NCCN(C)C)c6)c5[nH]4)c3n2)c1. The standard InChI is InChI=1S/C31H31FN10O/c1-17(2)31(43)36-22-13-19(15-33-16-22)24-5-6-25-27(37-24)28(41-40-25)30-38-26-23(7-8-35-29(26)39-30)18-11-20(32)14-21(12-18)34-9-10-42(3)4/h5-8,11-17,34H,9-10H2,1-4H3,(H,36,43)(H,40,41)(H,35,38,39). The minimum absolute atomic E-state index is 0.0904. The van der Waals surface area contributed by atoms with Gasteiger partial charge in [-0.2, -0.15) is 5.10 Å². The van der Waals surface area contributed by atoms with Crippen LogP contribution in [0.25, 0.3) is 56.1 Å². The maximum atomic E-state index is 14.7. The molecule has 0 radical (unpaired) electrons. The van der Waals surface area contributed by atoms with Crippen molar-refractivity contribution >= 4 is 39.5 Å². The van der Waals surface area contributed by atoms with Crippen LogP contribution in [0.3, 0.4) is 0 Å². The number of pyridine rings is 3. The zero-order chi connectivity index (χ0) is 30.1. The lowest BCUT2D eigenvalue weighted by Crippen LogP contribution is -2.20. The molecule has 218 valence electrons. The zero-order valence-electron chi connectivity index (χ0n) is 24.2. The number of likely N-dealkylation sites (N-methyl/N-ethyl adjacent to an activating group) is 1. The molecule has 6 aromatic rings. The van der Waals surface area contributed by atoms with Gasteiger partial charge in [-0.05, 0) is 62.1 Å². The second kappa shape index (κ2) is 11.6. The number of H-pyrrole nitrogens is 2. The van der Waals surface area contributed by atoms with Crippen molar-refractivity contribution < 1.29 is 9.18 Å².